The third-order valence-corrected chi connectivity index (χ3v) is 5.93. The van der Waals surface area contributed by atoms with Gasteiger partial charge in [-0.05, 0) is 37.1 Å². The third-order valence-electron chi connectivity index (χ3n) is 4.09. The Morgan fingerprint density at radius 3 is 2.82 bits per heavy atom. The summed E-state index contributed by atoms with van der Waals surface area (Å²) < 4.78 is 5.56. The minimum atomic E-state index is -0.490. The molecule has 28 heavy (non-hydrogen) atoms. The summed E-state index contributed by atoms with van der Waals surface area (Å²) in [5.74, 6) is 1.53. The number of aryl methyl sites for hydroxylation is 1. The Labute approximate surface area is 173 Å². The van der Waals surface area contributed by atoms with Crippen LogP contribution in [-0.2, 0) is 9.59 Å². The molecule has 1 aliphatic rings. The number of thiazole rings is 1. The largest absolute Gasteiger partial charge is 0.494 e. The number of aromatic nitrogens is 1. The first-order valence-electron chi connectivity index (χ1n) is 9.09. The maximum absolute atomic E-state index is 12.6. The molecule has 6 nitrogen and oxygen atoms in total. The molecule has 0 bridgehead atoms. The maximum atomic E-state index is 12.6. The maximum Gasteiger partial charge on any atom is 0.249 e. The van der Waals surface area contributed by atoms with Gasteiger partial charge >= 0.3 is 0 Å². The van der Waals surface area contributed by atoms with Crippen molar-refractivity contribution in [3.05, 3.63) is 47.0 Å². The van der Waals surface area contributed by atoms with Gasteiger partial charge in [0.15, 0.2) is 5.13 Å². The molecule has 2 heterocycles. The van der Waals surface area contributed by atoms with Gasteiger partial charge in [-0.3, -0.25) is 9.59 Å². The first-order chi connectivity index (χ1) is 13.6. The van der Waals surface area contributed by atoms with E-state index in [2.05, 4.69) is 17.2 Å². The van der Waals surface area contributed by atoms with Crippen LogP contribution in [0.1, 0.15) is 23.8 Å². The SMILES string of the molecule is CCCOc1ccc(/C=C/C(=O)N2CSCC2C(=O)Nc2ncc(C)s2)cc1. The molecule has 0 saturated carbocycles. The average molecular weight is 418 g/mol. The minimum Gasteiger partial charge on any atom is -0.494 e. The van der Waals surface area contributed by atoms with Crippen molar-refractivity contribution in [2.24, 2.45) is 0 Å². The quantitative estimate of drug-likeness (QED) is 0.694. The molecule has 2 amide bonds. The van der Waals surface area contributed by atoms with Crippen LogP contribution in [0.5, 0.6) is 5.75 Å². The minimum absolute atomic E-state index is 0.174. The second-order valence-electron chi connectivity index (χ2n) is 6.34. The zero-order valence-corrected chi connectivity index (χ0v) is 17.5. The molecule has 0 aliphatic carbocycles. The fraction of sp³-hybridized carbons (Fsp3) is 0.350. The predicted octanol–water partition coefficient (Wildman–Crippen LogP) is 3.79. The lowest BCUT2D eigenvalue weighted by Gasteiger charge is -2.21. The summed E-state index contributed by atoms with van der Waals surface area (Å²) in [6.07, 6.45) is 5.95. The average Bonchev–Trinajstić information content (AvgIpc) is 3.34. The molecule has 1 aromatic heterocycles. The van der Waals surface area contributed by atoms with Gasteiger partial charge in [-0.2, -0.15) is 0 Å². The van der Waals surface area contributed by atoms with Crippen LogP contribution in [0.3, 0.4) is 0 Å². The number of amides is 2. The van der Waals surface area contributed by atoms with E-state index in [0.29, 0.717) is 23.4 Å². The standard InChI is InChI=1S/C20H23N3O3S2/c1-3-10-26-16-7-4-15(5-8-16)6-9-18(24)23-13-27-12-17(23)19(25)22-20-21-11-14(2)28-20/h4-9,11,17H,3,10,12-13H2,1-2H3,(H,21,22,25)/b9-6+. The fourth-order valence-corrected chi connectivity index (χ4v) is 4.47. The Balaban J connectivity index is 1.59. The number of anilines is 1. The van der Waals surface area contributed by atoms with E-state index >= 15 is 0 Å². The molecule has 1 saturated heterocycles. The molecular weight excluding hydrogens is 394 g/mol. The van der Waals surface area contributed by atoms with Crippen molar-refractivity contribution < 1.29 is 14.3 Å². The van der Waals surface area contributed by atoms with Gasteiger partial charge in [0.2, 0.25) is 11.8 Å². The third kappa shape index (κ3) is 5.36. The van der Waals surface area contributed by atoms with Gasteiger partial charge in [-0.15, -0.1) is 23.1 Å². The highest BCUT2D eigenvalue weighted by molar-refractivity contribution is 7.99. The zero-order valence-electron chi connectivity index (χ0n) is 15.9. The van der Waals surface area contributed by atoms with Gasteiger partial charge in [0.25, 0.3) is 0 Å². The number of ether oxygens (including phenoxy) is 1. The van der Waals surface area contributed by atoms with E-state index in [0.717, 1.165) is 22.6 Å². The molecule has 3 rings (SSSR count). The number of thioether (sulfide) groups is 1. The topological polar surface area (TPSA) is 71.5 Å². The Bertz CT molecular complexity index is 849. The molecule has 1 aliphatic heterocycles. The van der Waals surface area contributed by atoms with Crippen molar-refractivity contribution in [3.8, 4) is 5.75 Å². The van der Waals surface area contributed by atoms with E-state index in [1.54, 1.807) is 28.9 Å². The van der Waals surface area contributed by atoms with E-state index in [1.165, 1.54) is 17.4 Å². The van der Waals surface area contributed by atoms with Crippen molar-refractivity contribution in [3.63, 3.8) is 0 Å². The van der Waals surface area contributed by atoms with Gasteiger partial charge < -0.3 is 15.0 Å². The highest BCUT2D eigenvalue weighted by Gasteiger charge is 2.34. The lowest BCUT2D eigenvalue weighted by atomic mass is 10.2. The number of carbonyl (C=O) groups is 2. The van der Waals surface area contributed by atoms with Gasteiger partial charge in [-0.1, -0.05) is 19.1 Å². The number of nitrogens with zero attached hydrogens (tertiary/aromatic N) is 2. The van der Waals surface area contributed by atoms with Crippen LogP contribution < -0.4 is 10.1 Å². The normalized spacial score (nSPS) is 16.5. The Kier molecular flexibility index (Phi) is 7.11. The van der Waals surface area contributed by atoms with Crippen LogP contribution in [0.15, 0.2) is 36.5 Å². The van der Waals surface area contributed by atoms with Crippen LogP contribution in [0.25, 0.3) is 6.08 Å². The molecule has 0 radical (unpaired) electrons. The predicted molar refractivity (Wildman–Crippen MR) is 115 cm³/mol. The van der Waals surface area contributed by atoms with Crippen LogP contribution in [0.2, 0.25) is 0 Å². The Hall–Kier alpha value is -2.32. The van der Waals surface area contributed by atoms with E-state index < -0.39 is 6.04 Å². The summed E-state index contributed by atoms with van der Waals surface area (Å²) in [5, 5.41) is 3.37. The first-order valence-corrected chi connectivity index (χ1v) is 11.1. The summed E-state index contributed by atoms with van der Waals surface area (Å²) in [6, 6.07) is 7.09. The molecule has 0 spiro atoms. The summed E-state index contributed by atoms with van der Waals surface area (Å²) in [5.41, 5.74) is 0.906. The summed E-state index contributed by atoms with van der Waals surface area (Å²) in [4.78, 5) is 31.9. The number of hydrogen-bond donors (Lipinski definition) is 1. The molecule has 1 fully saturated rings. The fourth-order valence-electron chi connectivity index (χ4n) is 2.64. The second kappa shape index (κ2) is 9.75. The van der Waals surface area contributed by atoms with Gasteiger partial charge in [0.1, 0.15) is 11.8 Å². The van der Waals surface area contributed by atoms with E-state index in [-0.39, 0.29) is 11.8 Å². The smallest absolute Gasteiger partial charge is 0.249 e. The molecule has 1 unspecified atom stereocenters. The lowest BCUT2D eigenvalue weighted by Crippen LogP contribution is -2.43. The van der Waals surface area contributed by atoms with Crippen molar-refractivity contribution in [2.45, 2.75) is 26.3 Å². The van der Waals surface area contributed by atoms with Crippen LogP contribution >= 0.6 is 23.1 Å². The number of hydrogen-bond acceptors (Lipinski definition) is 6. The van der Waals surface area contributed by atoms with Gasteiger partial charge in [-0.25, -0.2) is 4.98 Å². The Morgan fingerprint density at radius 1 is 1.36 bits per heavy atom. The van der Waals surface area contributed by atoms with Crippen LogP contribution in [-0.4, -0.2) is 46.0 Å². The summed E-state index contributed by atoms with van der Waals surface area (Å²) in [6.45, 7) is 4.68. The van der Waals surface area contributed by atoms with E-state index in [9.17, 15) is 9.59 Å². The van der Waals surface area contributed by atoms with Crippen LogP contribution in [0, 0.1) is 6.92 Å². The van der Waals surface area contributed by atoms with Crippen molar-refractivity contribution >= 4 is 46.1 Å². The lowest BCUT2D eigenvalue weighted by molar-refractivity contribution is -0.132. The highest BCUT2D eigenvalue weighted by Crippen LogP contribution is 2.24. The number of benzene rings is 1. The number of rotatable bonds is 7. The van der Waals surface area contributed by atoms with E-state index in [4.69, 9.17) is 4.74 Å². The molecule has 1 N–H and O–H groups in total. The summed E-state index contributed by atoms with van der Waals surface area (Å²) >= 11 is 2.99. The molecular formula is C20H23N3O3S2. The van der Waals surface area contributed by atoms with Crippen molar-refractivity contribution in [1.29, 1.82) is 0 Å². The zero-order chi connectivity index (χ0) is 19.9. The molecule has 8 heteroatoms. The molecule has 1 atom stereocenters. The Morgan fingerprint density at radius 2 is 2.14 bits per heavy atom. The monoisotopic (exact) mass is 417 g/mol. The van der Waals surface area contributed by atoms with Gasteiger partial charge in [0, 0.05) is 22.9 Å². The second-order valence-corrected chi connectivity index (χ2v) is 8.57. The first kappa shape index (κ1) is 20.4. The van der Waals surface area contributed by atoms with Crippen LogP contribution in [0.4, 0.5) is 5.13 Å². The van der Waals surface area contributed by atoms with E-state index in [1.807, 2.05) is 31.2 Å². The molecule has 148 valence electrons. The molecule has 2 aromatic rings. The van der Waals surface area contributed by atoms with Crippen molar-refractivity contribution in [2.75, 3.05) is 23.6 Å². The van der Waals surface area contributed by atoms with Gasteiger partial charge in [0.05, 0.1) is 12.5 Å². The summed E-state index contributed by atoms with van der Waals surface area (Å²) in [7, 11) is 0. The highest BCUT2D eigenvalue weighted by atomic mass is 32.2. The number of nitrogens with one attached hydrogen (secondary N) is 1. The number of carbonyl (C=O) groups excluding carboxylic acids is 2. The van der Waals surface area contributed by atoms with Crippen molar-refractivity contribution in [1.82, 2.24) is 9.88 Å². The molecule has 1 aromatic carbocycles.